The third-order valence-corrected chi connectivity index (χ3v) is 2.94. The molecule has 0 radical (unpaired) electrons. The maximum absolute atomic E-state index is 12.3. The summed E-state index contributed by atoms with van der Waals surface area (Å²) in [5, 5.41) is 8.86. The fourth-order valence-corrected chi connectivity index (χ4v) is 2.10. The Hall–Kier alpha value is -1.49. The second-order valence-corrected chi connectivity index (χ2v) is 4.16. The molecule has 1 aliphatic heterocycles. The Kier molecular flexibility index (Phi) is 3.38. The third kappa shape index (κ3) is 2.79. The summed E-state index contributed by atoms with van der Waals surface area (Å²) in [4.78, 5) is 12.5. The van der Waals surface area contributed by atoms with Crippen molar-refractivity contribution >= 4 is 5.97 Å². The molecule has 0 aliphatic carbocycles. The van der Waals surface area contributed by atoms with Gasteiger partial charge in [-0.1, -0.05) is 6.07 Å². The molecule has 0 saturated heterocycles. The van der Waals surface area contributed by atoms with Gasteiger partial charge in [0.15, 0.2) is 0 Å². The minimum atomic E-state index is -2.35. The molecule has 0 saturated carbocycles. The molecule has 0 aromatic heterocycles. The van der Waals surface area contributed by atoms with Gasteiger partial charge in [0.2, 0.25) is 0 Å². The van der Waals surface area contributed by atoms with Crippen LogP contribution in [0.2, 0.25) is 0 Å². The van der Waals surface area contributed by atoms with E-state index in [0.29, 0.717) is 19.5 Å². The highest BCUT2D eigenvalue weighted by atomic mass is 19.3. The molecule has 17 heavy (non-hydrogen) atoms. The Labute approximate surface area is 97.7 Å². The van der Waals surface area contributed by atoms with E-state index in [9.17, 15) is 13.6 Å². The molecular weight excluding hydrogens is 228 g/mol. The number of hydrogen-bond donors (Lipinski definition) is 1. The van der Waals surface area contributed by atoms with Crippen LogP contribution in [0.3, 0.4) is 0 Å². The monoisotopic (exact) mass is 241 g/mol. The summed E-state index contributed by atoms with van der Waals surface area (Å²) >= 11 is 0. The van der Waals surface area contributed by atoms with E-state index in [-0.39, 0.29) is 12.1 Å². The molecule has 2 rings (SSSR count). The molecule has 1 aromatic rings. The summed E-state index contributed by atoms with van der Waals surface area (Å²) in [7, 11) is 0. The summed E-state index contributed by atoms with van der Waals surface area (Å²) in [6.45, 7) is 0.751. The molecule has 1 N–H and O–H groups in total. The van der Waals surface area contributed by atoms with Crippen LogP contribution in [-0.2, 0) is 13.0 Å². The van der Waals surface area contributed by atoms with Crippen molar-refractivity contribution in [2.24, 2.45) is 0 Å². The van der Waals surface area contributed by atoms with Crippen LogP contribution in [0.25, 0.3) is 0 Å². The van der Waals surface area contributed by atoms with Gasteiger partial charge in [0.05, 0.1) is 12.1 Å². The average Bonchev–Trinajstić information content (AvgIpc) is 2.27. The van der Waals surface area contributed by atoms with E-state index in [1.165, 1.54) is 0 Å². The van der Waals surface area contributed by atoms with E-state index < -0.39 is 12.4 Å². The highest BCUT2D eigenvalue weighted by Crippen LogP contribution is 2.21. The smallest absolute Gasteiger partial charge is 0.335 e. The van der Waals surface area contributed by atoms with Gasteiger partial charge in [-0.2, -0.15) is 0 Å². The highest BCUT2D eigenvalue weighted by Gasteiger charge is 2.20. The number of carboxylic acids is 1. The van der Waals surface area contributed by atoms with Gasteiger partial charge >= 0.3 is 5.97 Å². The molecule has 0 bridgehead atoms. The van der Waals surface area contributed by atoms with E-state index in [1.54, 1.807) is 23.1 Å². The van der Waals surface area contributed by atoms with Crippen molar-refractivity contribution in [1.82, 2.24) is 4.90 Å². The summed E-state index contributed by atoms with van der Waals surface area (Å²) in [5.41, 5.74) is 2.11. The molecule has 0 atom stereocenters. The largest absolute Gasteiger partial charge is 0.478 e. The summed E-state index contributed by atoms with van der Waals surface area (Å²) < 4.78 is 24.5. The molecule has 1 heterocycles. The van der Waals surface area contributed by atoms with Crippen LogP contribution in [-0.4, -0.2) is 35.5 Å². The first-order valence-corrected chi connectivity index (χ1v) is 5.42. The van der Waals surface area contributed by atoms with Crippen molar-refractivity contribution in [3.8, 4) is 0 Å². The number of aromatic carboxylic acids is 1. The van der Waals surface area contributed by atoms with Crippen LogP contribution >= 0.6 is 0 Å². The van der Waals surface area contributed by atoms with E-state index in [4.69, 9.17) is 5.11 Å². The molecule has 92 valence electrons. The van der Waals surface area contributed by atoms with Crippen LogP contribution in [0.1, 0.15) is 21.5 Å². The average molecular weight is 241 g/mol. The first-order chi connectivity index (χ1) is 8.06. The molecule has 1 aromatic carbocycles. The van der Waals surface area contributed by atoms with Crippen molar-refractivity contribution in [3.05, 3.63) is 34.9 Å². The van der Waals surface area contributed by atoms with Crippen molar-refractivity contribution in [1.29, 1.82) is 0 Å². The van der Waals surface area contributed by atoms with Crippen molar-refractivity contribution in [3.63, 3.8) is 0 Å². The number of benzene rings is 1. The number of halogens is 2. The first-order valence-electron chi connectivity index (χ1n) is 5.42. The SMILES string of the molecule is O=C(O)c1ccc2c(c1)CN(CC(F)F)CC2. The number of carbonyl (C=O) groups is 1. The molecule has 0 spiro atoms. The number of hydrogen-bond acceptors (Lipinski definition) is 2. The van der Waals surface area contributed by atoms with Crippen LogP contribution < -0.4 is 0 Å². The van der Waals surface area contributed by atoms with Gasteiger partial charge in [-0.05, 0) is 29.7 Å². The van der Waals surface area contributed by atoms with Crippen LogP contribution in [0, 0.1) is 0 Å². The number of nitrogens with zero attached hydrogens (tertiary/aromatic N) is 1. The molecule has 0 unspecified atom stereocenters. The number of rotatable bonds is 3. The fourth-order valence-electron chi connectivity index (χ4n) is 2.10. The Morgan fingerprint density at radius 2 is 2.18 bits per heavy atom. The van der Waals surface area contributed by atoms with E-state index >= 15 is 0 Å². The molecule has 0 amide bonds. The third-order valence-electron chi connectivity index (χ3n) is 2.94. The zero-order valence-corrected chi connectivity index (χ0v) is 9.20. The number of alkyl halides is 2. The van der Waals surface area contributed by atoms with E-state index in [2.05, 4.69) is 0 Å². The second kappa shape index (κ2) is 4.79. The zero-order chi connectivity index (χ0) is 12.4. The normalized spacial score (nSPS) is 15.9. The van der Waals surface area contributed by atoms with Crippen molar-refractivity contribution in [2.45, 2.75) is 19.4 Å². The topological polar surface area (TPSA) is 40.5 Å². The number of fused-ring (bicyclic) bond motifs is 1. The van der Waals surface area contributed by atoms with Gasteiger partial charge in [-0.3, -0.25) is 4.90 Å². The fraction of sp³-hybridized carbons (Fsp3) is 0.417. The van der Waals surface area contributed by atoms with Crippen molar-refractivity contribution < 1.29 is 18.7 Å². The van der Waals surface area contributed by atoms with Gasteiger partial charge in [0.25, 0.3) is 6.43 Å². The molecule has 0 fully saturated rings. The lowest BCUT2D eigenvalue weighted by Crippen LogP contribution is -2.34. The van der Waals surface area contributed by atoms with Gasteiger partial charge in [-0.15, -0.1) is 0 Å². The molecule has 1 aliphatic rings. The Balaban J connectivity index is 2.17. The molecule has 5 heteroatoms. The maximum atomic E-state index is 12.3. The lowest BCUT2D eigenvalue weighted by atomic mass is 9.97. The lowest BCUT2D eigenvalue weighted by molar-refractivity contribution is 0.0694. The highest BCUT2D eigenvalue weighted by molar-refractivity contribution is 5.87. The minimum Gasteiger partial charge on any atom is -0.478 e. The van der Waals surface area contributed by atoms with E-state index in [1.807, 2.05) is 0 Å². The maximum Gasteiger partial charge on any atom is 0.335 e. The standard InChI is InChI=1S/C12H13F2NO2/c13-11(14)7-15-4-3-8-1-2-9(12(16)17)5-10(8)6-15/h1-2,5,11H,3-4,6-7H2,(H,16,17). The Morgan fingerprint density at radius 1 is 1.41 bits per heavy atom. The first kappa shape index (κ1) is 12.0. The van der Waals surface area contributed by atoms with Gasteiger partial charge in [0, 0.05) is 13.1 Å². The summed E-state index contributed by atoms with van der Waals surface area (Å²) in [6, 6.07) is 4.91. The van der Waals surface area contributed by atoms with E-state index in [0.717, 1.165) is 11.1 Å². The predicted molar refractivity (Wildman–Crippen MR) is 58.4 cm³/mol. The predicted octanol–water partition coefficient (Wildman–Crippen LogP) is 2.01. The quantitative estimate of drug-likeness (QED) is 0.880. The lowest BCUT2D eigenvalue weighted by Gasteiger charge is -2.28. The van der Waals surface area contributed by atoms with Gasteiger partial charge < -0.3 is 5.11 Å². The Bertz CT molecular complexity index is 435. The van der Waals surface area contributed by atoms with Crippen LogP contribution in [0.15, 0.2) is 18.2 Å². The molecular formula is C12H13F2NO2. The molecule has 3 nitrogen and oxygen atoms in total. The van der Waals surface area contributed by atoms with Crippen LogP contribution in [0.4, 0.5) is 8.78 Å². The summed E-state index contributed by atoms with van der Waals surface area (Å²) in [6.07, 6.45) is -1.65. The second-order valence-electron chi connectivity index (χ2n) is 4.16. The van der Waals surface area contributed by atoms with Crippen molar-refractivity contribution in [2.75, 3.05) is 13.1 Å². The van der Waals surface area contributed by atoms with Gasteiger partial charge in [0.1, 0.15) is 0 Å². The van der Waals surface area contributed by atoms with Gasteiger partial charge in [-0.25, -0.2) is 13.6 Å². The summed E-state index contributed by atoms with van der Waals surface area (Å²) in [5.74, 6) is -0.987. The zero-order valence-electron chi connectivity index (χ0n) is 9.20. The van der Waals surface area contributed by atoms with Crippen LogP contribution in [0.5, 0.6) is 0 Å². The number of carboxylic acid groups (broad SMARTS) is 1. The minimum absolute atomic E-state index is 0.211. The Morgan fingerprint density at radius 3 is 2.82 bits per heavy atom.